The van der Waals surface area contributed by atoms with Crippen LogP contribution in [0.5, 0.6) is 5.75 Å². The minimum absolute atomic E-state index is 0.300. The van der Waals surface area contributed by atoms with E-state index in [1.165, 1.54) is 5.56 Å². The van der Waals surface area contributed by atoms with Gasteiger partial charge < -0.3 is 10.1 Å². The van der Waals surface area contributed by atoms with Crippen LogP contribution in [0.25, 0.3) is 0 Å². The monoisotopic (exact) mass is 241 g/mol. The van der Waals surface area contributed by atoms with E-state index in [1.807, 2.05) is 13.1 Å². The summed E-state index contributed by atoms with van der Waals surface area (Å²) in [6, 6.07) is 6.21. The summed E-state index contributed by atoms with van der Waals surface area (Å²) in [5, 5.41) is 3.12. The van der Waals surface area contributed by atoms with Crippen LogP contribution in [0.1, 0.15) is 5.56 Å². The molecule has 0 aliphatic carbocycles. The van der Waals surface area contributed by atoms with Crippen molar-refractivity contribution >= 4 is 15.9 Å². The predicted molar refractivity (Wildman–Crippen MR) is 56.2 cm³/mol. The number of hydrogen-bond donors (Lipinski definition) is 1. The van der Waals surface area contributed by atoms with Crippen LogP contribution >= 0.6 is 15.9 Å². The van der Waals surface area contributed by atoms with E-state index in [2.05, 4.69) is 33.4 Å². The van der Waals surface area contributed by atoms with Crippen molar-refractivity contribution in [3.05, 3.63) is 28.2 Å². The van der Waals surface area contributed by atoms with Crippen molar-refractivity contribution in [2.75, 3.05) is 13.6 Å². The lowest BCUT2D eigenvalue weighted by Crippen LogP contribution is -2.27. The van der Waals surface area contributed by atoms with Gasteiger partial charge in [-0.1, -0.05) is 22.0 Å². The highest BCUT2D eigenvalue weighted by atomic mass is 79.9. The van der Waals surface area contributed by atoms with Crippen LogP contribution in [0.3, 0.4) is 0 Å². The Kier molecular flexibility index (Phi) is 2.56. The van der Waals surface area contributed by atoms with Gasteiger partial charge in [0.05, 0.1) is 0 Å². The summed E-state index contributed by atoms with van der Waals surface area (Å²) in [5.41, 5.74) is 1.31. The van der Waals surface area contributed by atoms with E-state index >= 15 is 0 Å². The molecule has 0 saturated carbocycles. The topological polar surface area (TPSA) is 21.3 Å². The fourth-order valence-electron chi connectivity index (χ4n) is 1.61. The lowest BCUT2D eigenvalue weighted by molar-refractivity contribution is 0.231. The first kappa shape index (κ1) is 9.03. The third kappa shape index (κ3) is 1.86. The van der Waals surface area contributed by atoms with Gasteiger partial charge in [0, 0.05) is 17.4 Å². The van der Waals surface area contributed by atoms with Gasteiger partial charge in [-0.15, -0.1) is 0 Å². The standard InChI is InChI=1S/C10H12BrNO/c1-12-6-9-4-7-2-3-8(11)5-10(7)13-9/h2-3,5,9,12H,4,6H2,1H3. The third-order valence-corrected chi connectivity index (χ3v) is 2.70. The zero-order valence-corrected chi connectivity index (χ0v) is 9.10. The Morgan fingerprint density at radius 3 is 3.23 bits per heavy atom. The molecule has 0 spiro atoms. The Labute approximate surface area is 86.4 Å². The van der Waals surface area contributed by atoms with Gasteiger partial charge in [0.25, 0.3) is 0 Å². The van der Waals surface area contributed by atoms with Crippen LogP contribution in [0.4, 0.5) is 0 Å². The van der Waals surface area contributed by atoms with Gasteiger partial charge in [-0.25, -0.2) is 0 Å². The van der Waals surface area contributed by atoms with Crippen LogP contribution in [0.2, 0.25) is 0 Å². The van der Waals surface area contributed by atoms with Gasteiger partial charge in [0.1, 0.15) is 11.9 Å². The summed E-state index contributed by atoms with van der Waals surface area (Å²) >= 11 is 3.43. The average Bonchev–Trinajstić information content (AvgIpc) is 2.46. The van der Waals surface area contributed by atoms with Crippen molar-refractivity contribution in [2.45, 2.75) is 12.5 Å². The van der Waals surface area contributed by atoms with Crippen molar-refractivity contribution in [1.29, 1.82) is 0 Å². The molecule has 2 rings (SSSR count). The molecule has 1 unspecified atom stereocenters. The first-order chi connectivity index (χ1) is 6.29. The molecule has 0 amide bonds. The molecule has 0 fully saturated rings. The highest BCUT2D eigenvalue weighted by Gasteiger charge is 2.21. The fraction of sp³-hybridized carbons (Fsp3) is 0.400. The number of likely N-dealkylation sites (N-methyl/N-ethyl adjacent to an activating group) is 1. The molecule has 70 valence electrons. The smallest absolute Gasteiger partial charge is 0.124 e. The second-order valence-corrected chi connectivity index (χ2v) is 4.17. The average molecular weight is 242 g/mol. The van der Waals surface area contributed by atoms with Crippen LogP contribution in [-0.2, 0) is 6.42 Å². The molecule has 0 bridgehead atoms. The molecule has 1 N–H and O–H groups in total. The fourth-order valence-corrected chi connectivity index (χ4v) is 1.95. The van der Waals surface area contributed by atoms with Crippen molar-refractivity contribution in [1.82, 2.24) is 5.32 Å². The number of fused-ring (bicyclic) bond motifs is 1. The summed E-state index contributed by atoms with van der Waals surface area (Å²) < 4.78 is 6.82. The van der Waals surface area contributed by atoms with Crippen LogP contribution < -0.4 is 10.1 Å². The van der Waals surface area contributed by atoms with Gasteiger partial charge in [-0.3, -0.25) is 0 Å². The van der Waals surface area contributed by atoms with Crippen LogP contribution in [0.15, 0.2) is 22.7 Å². The first-order valence-corrected chi connectivity index (χ1v) is 5.18. The zero-order valence-electron chi connectivity index (χ0n) is 7.51. The molecular weight excluding hydrogens is 230 g/mol. The summed E-state index contributed by atoms with van der Waals surface area (Å²) in [5.74, 6) is 1.02. The van der Waals surface area contributed by atoms with Gasteiger partial charge in [-0.05, 0) is 24.7 Å². The van der Waals surface area contributed by atoms with E-state index in [4.69, 9.17) is 4.74 Å². The molecule has 3 heteroatoms. The number of nitrogens with one attached hydrogen (secondary N) is 1. The largest absolute Gasteiger partial charge is 0.488 e. The lowest BCUT2D eigenvalue weighted by atomic mass is 10.1. The number of benzene rings is 1. The van der Waals surface area contributed by atoms with E-state index in [1.54, 1.807) is 0 Å². The summed E-state index contributed by atoms with van der Waals surface area (Å²) in [6.07, 6.45) is 1.32. The Morgan fingerprint density at radius 2 is 2.46 bits per heavy atom. The second kappa shape index (κ2) is 3.68. The molecule has 0 aromatic heterocycles. The number of halogens is 1. The Bertz CT molecular complexity index is 314. The Balaban J connectivity index is 2.16. The molecular formula is C10H12BrNO. The minimum Gasteiger partial charge on any atom is -0.488 e. The van der Waals surface area contributed by atoms with Gasteiger partial charge >= 0.3 is 0 Å². The summed E-state index contributed by atoms with van der Waals surface area (Å²) in [4.78, 5) is 0. The van der Waals surface area contributed by atoms with Crippen molar-refractivity contribution in [2.24, 2.45) is 0 Å². The van der Waals surface area contributed by atoms with Gasteiger partial charge in [0.2, 0.25) is 0 Å². The molecule has 1 aliphatic rings. The van der Waals surface area contributed by atoms with Crippen LogP contribution in [0, 0.1) is 0 Å². The minimum atomic E-state index is 0.300. The molecule has 2 nitrogen and oxygen atoms in total. The SMILES string of the molecule is CNCC1Cc2ccc(Br)cc2O1. The quantitative estimate of drug-likeness (QED) is 0.856. The predicted octanol–water partition coefficient (Wildman–Crippen LogP) is 1.97. The lowest BCUT2D eigenvalue weighted by Gasteiger charge is -2.08. The molecule has 0 radical (unpaired) electrons. The summed E-state index contributed by atoms with van der Waals surface area (Å²) in [7, 11) is 1.95. The highest BCUT2D eigenvalue weighted by Crippen LogP contribution is 2.31. The van der Waals surface area contributed by atoms with Gasteiger partial charge in [-0.2, -0.15) is 0 Å². The molecule has 13 heavy (non-hydrogen) atoms. The Morgan fingerprint density at radius 1 is 1.62 bits per heavy atom. The maximum absolute atomic E-state index is 5.74. The number of ether oxygens (including phenoxy) is 1. The van der Waals surface area contributed by atoms with Crippen molar-refractivity contribution in [3.8, 4) is 5.75 Å². The molecule has 1 aromatic rings. The van der Waals surface area contributed by atoms with Crippen molar-refractivity contribution < 1.29 is 4.74 Å². The molecule has 1 heterocycles. The van der Waals surface area contributed by atoms with E-state index in [9.17, 15) is 0 Å². The van der Waals surface area contributed by atoms with E-state index in [0.717, 1.165) is 23.2 Å². The summed E-state index contributed by atoms with van der Waals surface area (Å²) in [6.45, 7) is 0.909. The normalized spacial score (nSPS) is 19.7. The number of hydrogen-bond acceptors (Lipinski definition) is 2. The zero-order chi connectivity index (χ0) is 9.26. The van der Waals surface area contributed by atoms with E-state index < -0.39 is 0 Å². The second-order valence-electron chi connectivity index (χ2n) is 3.25. The number of rotatable bonds is 2. The van der Waals surface area contributed by atoms with E-state index in [-0.39, 0.29) is 0 Å². The van der Waals surface area contributed by atoms with Crippen LogP contribution in [-0.4, -0.2) is 19.7 Å². The molecule has 1 aromatic carbocycles. The van der Waals surface area contributed by atoms with Gasteiger partial charge in [0.15, 0.2) is 0 Å². The Hall–Kier alpha value is -0.540. The van der Waals surface area contributed by atoms with E-state index in [0.29, 0.717) is 6.10 Å². The van der Waals surface area contributed by atoms with Crippen molar-refractivity contribution in [3.63, 3.8) is 0 Å². The molecule has 1 atom stereocenters. The first-order valence-electron chi connectivity index (χ1n) is 4.39. The maximum Gasteiger partial charge on any atom is 0.124 e. The third-order valence-electron chi connectivity index (χ3n) is 2.20. The highest BCUT2D eigenvalue weighted by molar-refractivity contribution is 9.10. The maximum atomic E-state index is 5.74. The molecule has 1 aliphatic heterocycles. The molecule has 0 saturated heterocycles.